The molecule has 0 N–H and O–H groups in total. The van der Waals surface area contributed by atoms with Gasteiger partial charge in [0.05, 0.1) is 11.9 Å². The second-order valence-electron chi connectivity index (χ2n) is 2.86. The van der Waals surface area contributed by atoms with Crippen molar-refractivity contribution in [3.8, 4) is 5.82 Å². The molecule has 5 heteroatoms. The smallest absolute Gasteiger partial charge is 0.156 e. The van der Waals surface area contributed by atoms with Crippen molar-refractivity contribution >= 4 is 6.08 Å². The molecular formula is C10H8FN4. The molecule has 4 nitrogen and oxygen atoms in total. The van der Waals surface area contributed by atoms with Crippen LogP contribution in [0.15, 0.2) is 36.9 Å². The molecule has 2 aromatic heterocycles. The van der Waals surface area contributed by atoms with Gasteiger partial charge in [-0.05, 0) is 6.08 Å². The van der Waals surface area contributed by atoms with E-state index in [1.807, 2.05) is 0 Å². The number of imidazole rings is 1. The van der Waals surface area contributed by atoms with Gasteiger partial charge in [-0.3, -0.25) is 9.55 Å². The van der Waals surface area contributed by atoms with Crippen molar-refractivity contribution < 1.29 is 4.39 Å². The summed E-state index contributed by atoms with van der Waals surface area (Å²) in [7, 11) is 0. The minimum absolute atomic E-state index is 0.494. The van der Waals surface area contributed by atoms with Gasteiger partial charge < -0.3 is 0 Å². The zero-order valence-electron chi connectivity index (χ0n) is 7.84. The molecule has 0 aliphatic carbocycles. The Labute approximate surface area is 86.1 Å². The van der Waals surface area contributed by atoms with Crippen LogP contribution < -0.4 is 0 Å². The molecule has 0 aliphatic heterocycles. The fourth-order valence-corrected chi connectivity index (χ4v) is 1.12. The molecule has 0 unspecified atom stereocenters. The summed E-state index contributed by atoms with van der Waals surface area (Å²) in [6, 6.07) is 0. The molecule has 2 aromatic rings. The van der Waals surface area contributed by atoms with Gasteiger partial charge in [-0.25, -0.2) is 14.4 Å². The fraction of sp³-hybridized carbons (Fsp3) is 0. The molecule has 0 fully saturated rings. The lowest BCUT2D eigenvalue weighted by molar-refractivity contribution is 0.672. The molecule has 0 bridgehead atoms. The van der Waals surface area contributed by atoms with Gasteiger partial charge in [0.2, 0.25) is 0 Å². The Morgan fingerprint density at radius 1 is 1.40 bits per heavy atom. The van der Waals surface area contributed by atoms with E-state index in [-0.39, 0.29) is 0 Å². The standard InChI is InChI=1S/C10H8FN4/c1-8(11)4-9-6-15(7-14-9)10-5-12-2-3-13-10/h2-7H,1H2/b8-4-. The number of rotatable bonds is 2. The third-order valence-corrected chi connectivity index (χ3v) is 1.72. The van der Waals surface area contributed by atoms with Gasteiger partial charge >= 0.3 is 0 Å². The van der Waals surface area contributed by atoms with Crippen LogP contribution in [0.4, 0.5) is 4.39 Å². The molecule has 0 aromatic carbocycles. The molecule has 0 amide bonds. The average molecular weight is 203 g/mol. The number of allylic oxidation sites excluding steroid dienone is 1. The van der Waals surface area contributed by atoms with Crippen molar-refractivity contribution in [1.29, 1.82) is 0 Å². The maximum absolute atomic E-state index is 12.5. The summed E-state index contributed by atoms with van der Waals surface area (Å²) >= 11 is 0. The summed E-state index contributed by atoms with van der Waals surface area (Å²) in [6.07, 6.45) is 9.18. The Hall–Kier alpha value is -2.04. The van der Waals surface area contributed by atoms with E-state index in [9.17, 15) is 4.39 Å². The highest BCUT2D eigenvalue weighted by Crippen LogP contribution is 2.07. The normalized spacial score (nSPS) is 11.7. The number of halogens is 1. The van der Waals surface area contributed by atoms with Gasteiger partial charge in [0.25, 0.3) is 0 Å². The van der Waals surface area contributed by atoms with Crippen molar-refractivity contribution in [2.24, 2.45) is 0 Å². The summed E-state index contributed by atoms with van der Waals surface area (Å²) in [6.45, 7) is 3.13. The molecule has 0 atom stereocenters. The predicted molar refractivity (Wildman–Crippen MR) is 53.6 cm³/mol. The first-order valence-electron chi connectivity index (χ1n) is 4.25. The topological polar surface area (TPSA) is 43.6 Å². The minimum atomic E-state index is -0.528. The van der Waals surface area contributed by atoms with E-state index in [2.05, 4.69) is 21.9 Å². The molecule has 75 valence electrons. The Morgan fingerprint density at radius 2 is 2.27 bits per heavy atom. The monoisotopic (exact) mass is 203 g/mol. The molecule has 2 rings (SSSR count). The fourth-order valence-electron chi connectivity index (χ4n) is 1.12. The van der Waals surface area contributed by atoms with Crippen molar-refractivity contribution in [1.82, 2.24) is 19.5 Å². The van der Waals surface area contributed by atoms with Crippen molar-refractivity contribution in [3.05, 3.63) is 49.6 Å². The van der Waals surface area contributed by atoms with Crippen molar-refractivity contribution in [2.75, 3.05) is 0 Å². The van der Waals surface area contributed by atoms with Gasteiger partial charge in [-0.15, -0.1) is 0 Å². The zero-order valence-corrected chi connectivity index (χ0v) is 7.84. The first-order valence-corrected chi connectivity index (χ1v) is 4.25. The molecule has 15 heavy (non-hydrogen) atoms. The third kappa shape index (κ3) is 2.25. The first-order chi connectivity index (χ1) is 7.25. The lowest BCUT2D eigenvalue weighted by Gasteiger charge is -1.96. The average Bonchev–Trinajstić information content (AvgIpc) is 2.67. The minimum Gasteiger partial charge on any atom is -0.289 e. The van der Waals surface area contributed by atoms with E-state index >= 15 is 0 Å². The second-order valence-corrected chi connectivity index (χ2v) is 2.86. The molecular weight excluding hydrogens is 195 g/mol. The van der Waals surface area contributed by atoms with Crippen LogP contribution in [0.3, 0.4) is 0 Å². The van der Waals surface area contributed by atoms with Gasteiger partial charge in [0.1, 0.15) is 12.2 Å². The number of aromatic nitrogens is 4. The van der Waals surface area contributed by atoms with Crippen LogP contribution in [0, 0.1) is 6.92 Å². The van der Waals surface area contributed by atoms with Crippen molar-refractivity contribution in [2.45, 2.75) is 0 Å². The van der Waals surface area contributed by atoms with Crippen molar-refractivity contribution in [3.63, 3.8) is 0 Å². The third-order valence-electron chi connectivity index (χ3n) is 1.72. The van der Waals surface area contributed by atoms with Crippen LogP contribution in [0.1, 0.15) is 5.69 Å². The molecule has 2 heterocycles. The van der Waals surface area contributed by atoms with Crippen LogP contribution in [0.2, 0.25) is 0 Å². The number of nitrogens with zero attached hydrogens (tertiary/aromatic N) is 4. The van der Waals surface area contributed by atoms with Gasteiger partial charge in [0, 0.05) is 25.5 Å². The van der Waals surface area contributed by atoms with Gasteiger partial charge in [-0.2, -0.15) is 0 Å². The number of hydrogen-bond donors (Lipinski definition) is 0. The van der Waals surface area contributed by atoms with Crippen LogP contribution in [0.25, 0.3) is 11.9 Å². The summed E-state index contributed by atoms with van der Waals surface area (Å²) in [5.41, 5.74) is 0.494. The van der Waals surface area contributed by atoms with Crippen LogP contribution in [-0.4, -0.2) is 19.5 Å². The second kappa shape index (κ2) is 4.00. The van der Waals surface area contributed by atoms with E-state index in [0.29, 0.717) is 11.5 Å². The summed E-state index contributed by atoms with van der Waals surface area (Å²) < 4.78 is 14.1. The van der Waals surface area contributed by atoms with E-state index in [1.165, 1.54) is 6.08 Å². The Morgan fingerprint density at radius 3 is 2.93 bits per heavy atom. The van der Waals surface area contributed by atoms with E-state index in [1.54, 1.807) is 35.7 Å². The lowest BCUT2D eigenvalue weighted by Crippen LogP contribution is -1.93. The van der Waals surface area contributed by atoms with E-state index in [4.69, 9.17) is 0 Å². The van der Waals surface area contributed by atoms with Gasteiger partial charge in [0.15, 0.2) is 5.82 Å². The van der Waals surface area contributed by atoms with Crippen LogP contribution in [-0.2, 0) is 0 Å². The predicted octanol–water partition coefficient (Wildman–Crippen LogP) is 1.81. The Balaban J connectivity index is 2.32. The Kier molecular flexibility index (Phi) is 2.53. The SMILES string of the molecule is [CH2]/C(F)=C/c1cn(-c2cnccn2)cn1. The molecule has 0 saturated heterocycles. The molecule has 0 aliphatic rings. The first kappa shape index (κ1) is 9.51. The quantitative estimate of drug-likeness (QED) is 0.747. The highest BCUT2D eigenvalue weighted by Gasteiger charge is 1.99. The van der Waals surface area contributed by atoms with Gasteiger partial charge in [-0.1, -0.05) is 0 Å². The number of hydrogen-bond acceptors (Lipinski definition) is 3. The maximum atomic E-state index is 12.5. The highest BCUT2D eigenvalue weighted by atomic mass is 19.1. The zero-order chi connectivity index (χ0) is 10.7. The van der Waals surface area contributed by atoms with Crippen LogP contribution in [0.5, 0.6) is 0 Å². The maximum Gasteiger partial charge on any atom is 0.156 e. The summed E-state index contributed by atoms with van der Waals surface area (Å²) in [5, 5.41) is 0. The Bertz CT molecular complexity index is 471. The summed E-state index contributed by atoms with van der Waals surface area (Å²) in [5.74, 6) is 0.105. The largest absolute Gasteiger partial charge is 0.289 e. The summed E-state index contributed by atoms with van der Waals surface area (Å²) in [4.78, 5) is 12.0. The molecule has 1 radical (unpaired) electrons. The molecule has 0 saturated carbocycles. The van der Waals surface area contributed by atoms with E-state index in [0.717, 1.165) is 0 Å². The highest BCUT2D eigenvalue weighted by molar-refractivity contribution is 5.47. The lowest BCUT2D eigenvalue weighted by atomic mass is 10.4. The van der Waals surface area contributed by atoms with E-state index < -0.39 is 5.83 Å². The van der Waals surface area contributed by atoms with Crippen LogP contribution >= 0.6 is 0 Å². The molecule has 0 spiro atoms.